The van der Waals surface area contributed by atoms with Crippen molar-refractivity contribution in [1.29, 1.82) is 0 Å². The van der Waals surface area contributed by atoms with E-state index in [0.717, 1.165) is 16.8 Å². The van der Waals surface area contributed by atoms with Gasteiger partial charge in [-0.15, -0.1) is 11.6 Å². The van der Waals surface area contributed by atoms with Gasteiger partial charge >= 0.3 is 13.5 Å². The minimum atomic E-state index is -6.03. The Morgan fingerprint density at radius 3 is 2.43 bits per heavy atom. The highest BCUT2D eigenvalue weighted by molar-refractivity contribution is 7.65. The molecule has 0 spiro atoms. The predicted octanol–water partition coefficient (Wildman–Crippen LogP) is -2.13. The second kappa shape index (κ2) is 8.68. The lowest BCUT2D eigenvalue weighted by Gasteiger charge is -2.28. The van der Waals surface area contributed by atoms with Gasteiger partial charge in [0.15, 0.2) is 6.23 Å². The fourth-order valence-electron chi connectivity index (χ4n) is 2.42. The molecule has 1 aromatic heterocycles. The molecular formula is C10H14ClN2O14P3-2. The van der Waals surface area contributed by atoms with Crippen molar-refractivity contribution in [2.75, 3.05) is 6.61 Å². The highest BCUT2D eigenvalue weighted by Gasteiger charge is 2.54. The molecule has 7 atom stereocenters. The molecule has 1 aliphatic heterocycles. The van der Waals surface area contributed by atoms with E-state index in [1.807, 2.05) is 4.98 Å². The molecule has 2 rings (SSSR count). The second-order valence-corrected chi connectivity index (χ2v) is 11.1. The van der Waals surface area contributed by atoms with Gasteiger partial charge in [0.05, 0.1) is 6.61 Å². The van der Waals surface area contributed by atoms with Crippen molar-refractivity contribution in [2.24, 2.45) is 0 Å². The van der Waals surface area contributed by atoms with Crippen molar-refractivity contribution < 1.29 is 56.3 Å². The van der Waals surface area contributed by atoms with E-state index >= 15 is 0 Å². The van der Waals surface area contributed by atoms with Crippen LogP contribution in [0.25, 0.3) is 0 Å². The molecule has 0 aromatic carbocycles. The summed E-state index contributed by atoms with van der Waals surface area (Å²) < 4.78 is 50.5. The normalized spacial score (nSPS) is 32.8. The first-order chi connectivity index (χ1) is 13.4. The third-order valence-electron chi connectivity index (χ3n) is 3.63. The Labute approximate surface area is 171 Å². The minimum absolute atomic E-state index is 0.723. The van der Waals surface area contributed by atoms with Gasteiger partial charge in [0, 0.05) is 12.3 Å². The maximum atomic E-state index is 11.9. The molecule has 1 fully saturated rings. The molecule has 1 aromatic rings. The number of rotatable bonds is 8. The molecule has 4 N–H and O–H groups in total. The Kier molecular flexibility index (Phi) is 7.39. The van der Waals surface area contributed by atoms with Crippen molar-refractivity contribution in [3.05, 3.63) is 33.1 Å². The molecule has 0 bridgehead atoms. The number of nitrogens with zero attached hydrogens (tertiary/aromatic N) is 1. The molecule has 1 aliphatic rings. The van der Waals surface area contributed by atoms with Gasteiger partial charge in [0.25, 0.3) is 21.2 Å². The van der Waals surface area contributed by atoms with Crippen molar-refractivity contribution >= 4 is 35.1 Å². The summed E-state index contributed by atoms with van der Waals surface area (Å²) in [6.45, 7) is 0.212. The summed E-state index contributed by atoms with van der Waals surface area (Å²) in [5, 5.41) is 10.3. The van der Waals surface area contributed by atoms with Crippen LogP contribution in [-0.2, 0) is 31.6 Å². The van der Waals surface area contributed by atoms with E-state index in [4.69, 9.17) is 21.2 Å². The van der Waals surface area contributed by atoms with E-state index in [-0.39, 0.29) is 0 Å². The lowest BCUT2D eigenvalue weighted by atomic mass is 10.0. The van der Waals surface area contributed by atoms with Crippen molar-refractivity contribution in [3.8, 4) is 0 Å². The van der Waals surface area contributed by atoms with Crippen LogP contribution in [0.3, 0.4) is 0 Å². The number of ether oxygens (including phenoxy) is 1. The molecule has 0 saturated carbocycles. The van der Waals surface area contributed by atoms with Crippen LogP contribution in [0.4, 0.5) is 0 Å². The van der Waals surface area contributed by atoms with E-state index in [1.54, 1.807) is 0 Å². The zero-order valence-electron chi connectivity index (χ0n) is 14.6. The average Bonchev–Trinajstić information content (AvgIpc) is 2.73. The maximum Gasteiger partial charge on any atom is 0.478 e. The Bertz CT molecular complexity index is 1050. The number of phosphoric acid groups is 3. The number of H-pyrrole nitrogens is 1. The van der Waals surface area contributed by atoms with E-state index in [0.29, 0.717) is 0 Å². The van der Waals surface area contributed by atoms with E-state index in [2.05, 4.69) is 13.1 Å². The van der Waals surface area contributed by atoms with Crippen LogP contribution in [0.5, 0.6) is 0 Å². The van der Waals surface area contributed by atoms with Crippen molar-refractivity contribution in [3.63, 3.8) is 0 Å². The molecular weight excluding hydrogens is 500 g/mol. The molecule has 30 heavy (non-hydrogen) atoms. The van der Waals surface area contributed by atoms with Crippen LogP contribution in [0.15, 0.2) is 21.9 Å². The van der Waals surface area contributed by atoms with Gasteiger partial charge in [0.2, 0.25) is 0 Å². The summed E-state index contributed by atoms with van der Waals surface area (Å²) in [5.74, 6) is 0. The Morgan fingerprint density at radius 2 is 1.90 bits per heavy atom. The summed E-state index contributed by atoms with van der Waals surface area (Å²) >= 11 is 6.20. The number of alkyl halides is 1. The van der Waals surface area contributed by atoms with E-state index < -0.39 is 64.6 Å². The molecule has 3 unspecified atom stereocenters. The predicted molar refractivity (Wildman–Crippen MR) is 90.9 cm³/mol. The van der Waals surface area contributed by atoms with Crippen molar-refractivity contribution in [2.45, 2.75) is 30.2 Å². The van der Waals surface area contributed by atoms with Gasteiger partial charge < -0.3 is 29.4 Å². The number of aliphatic hydroxyl groups is 1. The first kappa shape index (κ1) is 25.6. The van der Waals surface area contributed by atoms with E-state index in [1.165, 1.54) is 6.92 Å². The number of nitrogens with one attached hydrogen (secondary N) is 1. The SMILES string of the molecule is C[C@@]1(Cl)[C@H](O)[C@@H](COP(=O)(O)OP(=O)([O-])OP(=O)([O-])O)O[C@H]1n1ccc(=O)[nH]c1=O. The van der Waals surface area contributed by atoms with Crippen LogP contribution in [0, 0.1) is 0 Å². The van der Waals surface area contributed by atoms with Crippen LogP contribution in [0.1, 0.15) is 13.2 Å². The van der Waals surface area contributed by atoms with Crippen LogP contribution in [0.2, 0.25) is 0 Å². The molecule has 20 heteroatoms. The van der Waals surface area contributed by atoms with E-state index in [9.17, 15) is 43.1 Å². The molecule has 2 heterocycles. The number of aromatic nitrogens is 2. The fraction of sp³-hybridized carbons (Fsp3) is 0.600. The summed E-state index contributed by atoms with van der Waals surface area (Å²) in [6.07, 6.45) is -3.56. The Balaban J connectivity index is 2.13. The summed E-state index contributed by atoms with van der Waals surface area (Å²) in [6, 6.07) is 0.964. The zero-order chi connectivity index (χ0) is 23.1. The Morgan fingerprint density at radius 1 is 1.30 bits per heavy atom. The smallest absolute Gasteiger partial charge is 0.478 e. The van der Waals surface area contributed by atoms with Gasteiger partial charge in [-0.1, -0.05) is 0 Å². The van der Waals surface area contributed by atoms with Crippen LogP contribution in [-0.4, -0.2) is 48.1 Å². The summed E-state index contributed by atoms with van der Waals surface area (Å²) in [4.78, 5) is 62.6. The average molecular weight is 515 g/mol. The molecule has 0 radical (unpaired) electrons. The van der Waals surface area contributed by atoms with Gasteiger partial charge in [-0.05, 0) is 6.92 Å². The third kappa shape index (κ3) is 6.40. The monoisotopic (exact) mass is 514 g/mol. The fourth-order valence-corrected chi connectivity index (χ4v) is 5.65. The molecule has 172 valence electrons. The lowest BCUT2D eigenvalue weighted by Crippen LogP contribution is -2.42. The molecule has 0 amide bonds. The largest absolute Gasteiger partial charge is 0.756 e. The van der Waals surface area contributed by atoms with Gasteiger partial charge in [0.1, 0.15) is 17.1 Å². The van der Waals surface area contributed by atoms with Crippen molar-refractivity contribution in [1.82, 2.24) is 9.55 Å². The van der Waals surface area contributed by atoms with Crippen LogP contribution >= 0.6 is 35.1 Å². The standard InChI is InChI=1S/C10H16ClN2O14P3/c1-10(11)7(15)5(25-8(10)13-3-2-6(14)12-9(13)16)4-24-29(20,21)27-30(22,23)26-28(17,18)19/h2-3,5,7-8,15H,4H2,1H3,(H,20,21)(H,22,23)(H,12,14,16)(H2,17,18,19)/p-2/t5-,7-,8-,10-/m1/s1. The zero-order valence-corrected chi connectivity index (χ0v) is 18.0. The Hall–Kier alpha value is -0.700. The second-order valence-electron chi connectivity index (χ2n) is 5.98. The summed E-state index contributed by atoms with van der Waals surface area (Å²) in [5.41, 5.74) is -1.67. The highest BCUT2D eigenvalue weighted by Crippen LogP contribution is 2.63. The maximum absolute atomic E-state index is 11.9. The number of halogens is 1. The number of aliphatic hydroxyl groups excluding tert-OH is 1. The minimum Gasteiger partial charge on any atom is -0.756 e. The molecule has 0 aliphatic carbocycles. The summed E-state index contributed by atoms with van der Waals surface area (Å²) in [7, 11) is -17.5. The number of aromatic amines is 1. The van der Waals surface area contributed by atoms with Gasteiger partial charge in [-0.2, -0.15) is 0 Å². The highest BCUT2D eigenvalue weighted by atomic mass is 35.5. The quantitative estimate of drug-likeness (QED) is 0.214. The number of hydrogen-bond donors (Lipinski definition) is 4. The molecule has 16 nitrogen and oxygen atoms in total. The number of hydrogen-bond acceptors (Lipinski definition) is 12. The number of phosphoric ester groups is 1. The topological polar surface area (TPSA) is 250 Å². The lowest BCUT2D eigenvalue weighted by molar-refractivity contribution is -0.236. The first-order valence-electron chi connectivity index (χ1n) is 7.52. The third-order valence-corrected chi connectivity index (χ3v) is 7.77. The molecule has 1 saturated heterocycles. The van der Waals surface area contributed by atoms with Gasteiger partial charge in [-0.25, -0.2) is 18.0 Å². The van der Waals surface area contributed by atoms with Crippen LogP contribution < -0.4 is 21.0 Å². The first-order valence-corrected chi connectivity index (χ1v) is 12.4. The van der Waals surface area contributed by atoms with Gasteiger partial charge in [-0.3, -0.25) is 28.0 Å².